The van der Waals surface area contributed by atoms with Gasteiger partial charge in [0.25, 0.3) is 11.8 Å². The number of hydroxylamine groups is 2. The molecule has 0 aromatic rings. The lowest BCUT2D eigenvalue weighted by atomic mass is 9.89. The van der Waals surface area contributed by atoms with Gasteiger partial charge in [-0.05, 0) is 12.8 Å². The maximum atomic E-state index is 12.0. The van der Waals surface area contributed by atoms with Gasteiger partial charge in [0.1, 0.15) is 12.7 Å². The highest BCUT2D eigenvalue weighted by Gasteiger charge is 2.50. The summed E-state index contributed by atoms with van der Waals surface area (Å²) in [6, 6.07) is -0.883. The van der Waals surface area contributed by atoms with Gasteiger partial charge in [-0.3, -0.25) is 28.8 Å². The molecule has 0 saturated carbocycles. The average molecular weight is 543 g/mol. The Morgan fingerprint density at radius 2 is 1.45 bits per heavy atom. The first-order chi connectivity index (χ1) is 17.9. The van der Waals surface area contributed by atoms with E-state index in [0.717, 1.165) is 6.92 Å². The first-order valence-electron chi connectivity index (χ1n) is 12.4. The minimum absolute atomic E-state index is 0.00800. The predicted molar refractivity (Wildman–Crippen MR) is 124 cm³/mol. The average Bonchev–Trinajstić information content (AvgIpc) is 3.12. The smallest absolute Gasteiger partial charge is 0.333 e. The monoisotopic (exact) mass is 542 g/mol. The molecule has 5 atom stereocenters. The molecule has 2 aliphatic rings. The van der Waals surface area contributed by atoms with Crippen molar-refractivity contribution in [2.75, 3.05) is 6.61 Å². The number of hydrogen-bond acceptors (Lipinski definition) is 12. The van der Waals surface area contributed by atoms with Crippen LogP contribution in [0.5, 0.6) is 0 Å². The first-order valence-corrected chi connectivity index (χ1v) is 12.4. The number of nitrogens with zero attached hydrogens (tertiary/aromatic N) is 1. The number of carbonyl (C=O) groups excluding carboxylic acids is 7. The zero-order chi connectivity index (χ0) is 28.4. The maximum Gasteiger partial charge on any atom is 0.333 e. The Hall–Kier alpha value is -3.55. The Morgan fingerprint density at radius 1 is 0.842 bits per heavy atom. The minimum Gasteiger partial charge on any atom is -0.463 e. The number of rotatable bonds is 12. The summed E-state index contributed by atoms with van der Waals surface area (Å²) in [4.78, 5) is 87.0. The van der Waals surface area contributed by atoms with Crippen LogP contribution in [0, 0.1) is 0 Å². The number of nitrogens with one attached hydrogen (secondary N) is 1. The molecule has 2 fully saturated rings. The summed E-state index contributed by atoms with van der Waals surface area (Å²) in [5, 5.41) is 3.19. The van der Waals surface area contributed by atoms with E-state index < -0.39 is 72.1 Å². The molecule has 0 aromatic carbocycles. The number of unbranched alkanes of at least 4 members (excludes halogenated alkanes) is 2. The Labute approximate surface area is 219 Å². The van der Waals surface area contributed by atoms with Crippen molar-refractivity contribution in [1.29, 1.82) is 0 Å². The Morgan fingerprint density at radius 3 is 2.00 bits per heavy atom. The molecule has 2 aliphatic heterocycles. The van der Waals surface area contributed by atoms with Gasteiger partial charge in [0.05, 0.1) is 12.1 Å². The summed E-state index contributed by atoms with van der Waals surface area (Å²) < 4.78 is 22.0. The van der Waals surface area contributed by atoms with Crippen LogP contribution in [0.1, 0.15) is 72.6 Å². The fourth-order valence-electron chi connectivity index (χ4n) is 4.27. The molecule has 1 N–H and O–H groups in total. The van der Waals surface area contributed by atoms with Crippen molar-refractivity contribution in [1.82, 2.24) is 10.4 Å². The van der Waals surface area contributed by atoms with Crippen molar-refractivity contribution in [3.8, 4) is 0 Å². The molecule has 14 heteroatoms. The van der Waals surface area contributed by atoms with Crippen LogP contribution in [0.2, 0.25) is 0 Å². The molecule has 212 valence electrons. The lowest BCUT2D eigenvalue weighted by Gasteiger charge is -2.45. The first kappa shape index (κ1) is 30.7. The number of esters is 3. The molecule has 0 unspecified atom stereocenters. The van der Waals surface area contributed by atoms with Crippen molar-refractivity contribution in [3.63, 3.8) is 0 Å². The lowest BCUT2D eigenvalue weighted by molar-refractivity contribution is -0.224. The topological polar surface area (TPSA) is 181 Å². The number of carbonyl (C=O) groups is 7. The molecule has 0 aromatic heterocycles. The third kappa shape index (κ3) is 9.39. The van der Waals surface area contributed by atoms with Crippen LogP contribution in [-0.2, 0) is 57.3 Å². The molecule has 38 heavy (non-hydrogen) atoms. The SMILES string of the molecule is CC(=O)N[C@@H]1[C@@H](OC(C)=O)[C@@H](OC(C)=O)[C@@H](COC(C)=O)O[C@@H]1CCCCCC(=O)ON1C(=O)CCC1=O. The summed E-state index contributed by atoms with van der Waals surface area (Å²) in [7, 11) is 0. The molecule has 2 saturated heterocycles. The van der Waals surface area contributed by atoms with Crippen LogP contribution in [-0.4, -0.2) is 83.7 Å². The van der Waals surface area contributed by atoms with Gasteiger partial charge in [-0.2, -0.15) is 0 Å². The van der Waals surface area contributed by atoms with Crippen molar-refractivity contribution in [2.45, 2.75) is 103 Å². The van der Waals surface area contributed by atoms with Gasteiger partial charge in [-0.1, -0.05) is 12.8 Å². The Kier molecular flexibility index (Phi) is 11.6. The highest BCUT2D eigenvalue weighted by molar-refractivity contribution is 6.01. The summed E-state index contributed by atoms with van der Waals surface area (Å²) in [6.07, 6.45) is -2.25. The van der Waals surface area contributed by atoms with E-state index in [1.54, 1.807) is 0 Å². The van der Waals surface area contributed by atoms with Crippen LogP contribution in [0.3, 0.4) is 0 Å². The Bertz CT molecular complexity index is 919. The van der Waals surface area contributed by atoms with Gasteiger partial charge in [-0.15, -0.1) is 5.06 Å². The highest BCUT2D eigenvalue weighted by atomic mass is 16.7. The molecular weight excluding hydrogens is 508 g/mol. The van der Waals surface area contributed by atoms with Gasteiger partial charge in [0, 0.05) is 47.0 Å². The van der Waals surface area contributed by atoms with Crippen molar-refractivity contribution >= 4 is 41.6 Å². The molecular formula is C24H34N2O12. The van der Waals surface area contributed by atoms with Crippen molar-refractivity contribution in [3.05, 3.63) is 0 Å². The molecule has 2 heterocycles. The third-order valence-electron chi connectivity index (χ3n) is 5.79. The molecule has 0 bridgehead atoms. The number of imide groups is 1. The molecule has 2 rings (SSSR count). The summed E-state index contributed by atoms with van der Waals surface area (Å²) >= 11 is 0. The summed E-state index contributed by atoms with van der Waals surface area (Å²) in [6.45, 7) is 4.52. The largest absolute Gasteiger partial charge is 0.463 e. The molecule has 0 aliphatic carbocycles. The predicted octanol–water partition coefficient (Wildman–Crippen LogP) is 0.243. The van der Waals surface area contributed by atoms with E-state index in [1.165, 1.54) is 20.8 Å². The molecule has 3 amide bonds. The number of ether oxygens (including phenoxy) is 4. The third-order valence-corrected chi connectivity index (χ3v) is 5.79. The standard InChI is InChI=1S/C24H34N2O12/c1-13(27)25-22-17(8-6-5-7-9-21(33)38-26-19(31)10-11-20(26)32)37-18(12-34-14(2)28)23(35-15(3)29)24(22)36-16(4)30/h17-18,22-24H,5-12H2,1-4H3,(H,25,27)/t17-,18-,22+,23+,24-/m1/s1. The van der Waals surface area contributed by atoms with E-state index in [-0.39, 0.29) is 25.9 Å². The van der Waals surface area contributed by atoms with Crippen LogP contribution in [0.15, 0.2) is 0 Å². The van der Waals surface area contributed by atoms with E-state index >= 15 is 0 Å². The quantitative estimate of drug-likeness (QED) is 0.154. The van der Waals surface area contributed by atoms with Gasteiger partial charge in [0.15, 0.2) is 12.2 Å². The molecule has 0 radical (unpaired) electrons. The van der Waals surface area contributed by atoms with E-state index in [2.05, 4.69) is 5.32 Å². The zero-order valence-corrected chi connectivity index (χ0v) is 21.9. The van der Waals surface area contributed by atoms with Gasteiger partial charge < -0.3 is 29.1 Å². The summed E-state index contributed by atoms with van der Waals surface area (Å²) in [5.74, 6) is -4.22. The number of hydrogen-bond donors (Lipinski definition) is 1. The van der Waals surface area contributed by atoms with E-state index in [4.69, 9.17) is 23.8 Å². The van der Waals surface area contributed by atoms with Crippen LogP contribution < -0.4 is 5.32 Å². The Balaban J connectivity index is 2.05. The van der Waals surface area contributed by atoms with Crippen molar-refractivity contribution in [2.24, 2.45) is 0 Å². The second kappa shape index (κ2) is 14.4. The lowest BCUT2D eigenvalue weighted by Crippen LogP contribution is -2.66. The van der Waals surface area contributed by atoms with Crippen molar-refractivity contribution < 1.29 is 57.3 Å². The number of amides is 3. The van der Waals surface area contributed by atoms with E-state index in [0.29, 0.717) is 30.7 Å². The van der Waals surface area contributed by atoms with Gasteiger partial charge >= 0.3 is 23.9 Å². The minimum atomic E-state index is -1.16. The molecule has 14 nitrogen and oxygen atoms in total. The van der Waals surface area contributed by atoms with Crippen LogP contribution >= 0.6 is 0 Å². The zero-order valence-electron chi connectivity index (χ0n) is 21.9. The van der Waals surface area contributed by atoms with Crippen LogP contribution in [0.25, 0.3) is 0 Å². The second-order valence-electron chi connectivity index (χ2n) is 9.03. The maximum absolute atomic E-state index is 12.0. The normalized spacial score (nSPS) is 24.9. The summed E-state index contributed by atoms with van der Waals surface area (Å²) in [5.41, 5.74) is 0. The second-order valence-corrected chi connectivity index (χ2v) is 9.03. The molecule has 0 spiro atoms. The highest BCUT2D eigenvalue weighted by Crippen LogP contribution is 2.30. The fraction of sp³-hybridized carbons (Fsp3) is 0.708. The fourth-order valence-corrected chi connectivity index (χ4v) is 4.27. The van der Waals surface area contributed by atoms with E-state index in [1.807, 2.05) is 0 Å². The van der Waals surface area contributed by atoms with Gasteiger partial charge in [0.2, 0.25) is 5.91 Å². The van der Waals surface area contributed by atoms with E-state index in [9.17, 15) is 33.6 Å². The van der Waals surface area contributed by atoms with Crippen LogP contribution in [0.4, 0.5) is 0 Å². The van der Waals surface area contributed by atoms with Gasteiger partial charge in [-0.25, -0.2) is 4.79 Å².